The summed E-state index contributed by atoms with van der Waals surface area (Å²) in [6, 6.07) is 9.96. The predicted molar refractivity (Wildman–Crippen MR) is 108 cm³/mol. The standard InChI is InChI=1S/C17H17Cl3N2O3S/c1-3-15(17(23)21-13-7-4-11(18)5-8-13)22(26(2,24)25)16-10-12(19)6-9-14(16)20/h4-10,15H,3H2,1-2H3,(H,21,23). The fourth-order valence-electron chi connectivity index (χ4n) is 2.45. The highest BCUT2D eigenvalue weighted by molar-refractivity contribution is 7.92. The molecule has 0 saturated heterocycles. The number of nitrogens with one attached hydrogen (secondary N) is 1. The van der Waals surface area contributed by atoms with Crippen LogP contribution in [0.3, 0.4) is 0 Å². The van der Waals surface area contributed by atoms with Crippen LogP contribution in [-0.2, 0) is 14.8 Å². The van der Waals surface area contributed by atoms with E-state index in [9.17, 15) is 13.2 Å². The van der Waals surface area contributed by atoms with Crippen LogP contribution in [0.1, 0.15) is 13.3 Å². The molecule has 0 heterocycles. The number of carbonyl (C=O) groups excluding carboxylic acids is 1. The Kier molecular flexibility index (Phi) is 6.80. The molecule has 1 N–H and O–H groups in total. The van der Waals surface area contributed by atoms with E-state index < -0.39 is 22.0 Å². The normalized spacial score (nSPS) is 12.5. The molecule has 0 fully saturated rings. The molecular weight excluding hydrogens is 419 g/mol. The van der Waals surface area contributed by atoms with Gasteiger partial charge in [0.15, 0.2) is 0 Å². The van der Waals surface area contributed by atoms with Gasteiger partial charge in [0.2, 0.25) is 15.9 Å². The van der Waals surface area contributed by atoms with Crippen molar-refractivity contribution in [2.24, 2.45) is 0 Å². The van der Waals surface area contributed by atoms with Crippen LogP contribution in [0.4, 0.5) is 11.4 Å². The zero-order valence-corrected chi connectivity index (χ0v) is 17.1. The molecule has 0 aliphatic carbocycles. The summed E-state index contributed by atoms with van der Waals surface area (Å²) in [5.41, 5.74) is 0.656. The van der Waals surface area contributed by atoms with Gasteiger partial charge in [-0.2, -0.15) is 0 Å². The highest BCUT2D eigenvalue weighted by atomic mass is 35.5. The summed E-state index contributed by atoms with van der Waals surface area (Å²) in [6.45, 7) is 1.71. The first-order valence-electron chi connectivity index (χ1n) is 7.64. The van der Waals surface area contributed by atoms with Gasteiger partial charge in [0.25, 0.3) is 0 Å². The van der Waals surface area contributed by atoms with E-state index >= 15 is 0 Å². The van der Waals surface area contributed by atoms with Gasteiger partial charge in [0.05, 0.1) is 17.0 Å². The third kappa shape index (κ3) is 5.04. The Hall–Kier alpha value is -1.47. The molecule has 1 atom stereocenters. The molecular formula is C17H17Cl3N2O3S. The first-order valence-corrected chi connectivity index (χ1v) is 10.6. The van der Waals surface area contributed by atoms with Crippen LogP contribution in [0.25, 0.3) is 0 Å². The van der Waals surface area contributed by atoms with E-state index in [0.29, 0.717) is 15.7 Å². The van der Waals surface area contributed by atoms with E-state index in [1.807, 2.05) is 0 Å². The van der Waals surface area contributed by atoms with E-state index in [4.69, 9.17) is 34.8 Å². The highest BCUT2D eigenvalue weighted by Crippen LogP contribution is 2.33. The second kappa shape index (κ2) is 8.48. The van der Waals surface area contributed by atoms with E-state index in [1.54, 1.807) is 37.3 Å². The summed E-state index contributed by atoms with van der Waals surface area (Å²) in [6.07, 6.45) is 1.25. The number of hydrogen-bond donors (Lipinski definition) is 1. The lowest BCUT2D eigenvalue weighted by atomic mass is 10.1. The van der Waals surface area contributed by atoms with Gasteiger partial charge in [-0.3, -0.25) is 9.10 Å². The van der Waals surface area contributed by atoms with Gasteiger partial charge in [-0.15, -0.1) is 0 Å². The minimum Gasteiger partial charge on any atom is -0.324 e. The second-order valence-electron chi connectivity index (χ2n) is 5.57. The van der Waals surface area contributed by atoms with E-state index in [-0.39, 0.29) is 17.1 Å². The summed E-state index contributed by atoms with van der Waals surface area (Å²) >= 11 is 18.0. The van der Waals surface area contributed by atoms with Crippen molar-refractivity contribution in [2.45, 2.75) is 19.4 Å². The van der Waals surface area contributed by atoms with Crippen LogP contribution in [0, 0.1) is 0 Å². The number of sulfonamides is 1. The first kappa shape index (κ1) is 20.8. The van der Waals surface area contributed by atoms with Gasteiger partial charge in [-0.1, -0.05) is 41.7 Å². The molecule has 2 aromatic carbocycles. The van der Waals surface area contributed by atoms with Crippen LogP contribution >= 0.6 is 34.8 Å². The van der Waals surface area contributed by atoms with Crippen molar-refractivity contribution in [3.8, 4) is 0 Å². The number of anilines is 2. The maximum absolute atomic E-state index is 12.8. The molecule has 1 amide bonds. The molecule has 0 aliphatic heterocycles. The largest absolute Gasteiger partial charge is 0.324 e. The molecule has 0 saturated carbocycles. The number of carbonyl (C=O) groups is 1. The Morgan fingerprint density at radius 2 is 1.65 bits per heavy atom. The van der Waals surface area contributed by atoms with Gasteiger partial charge in [0.1, 0.15) is 6.04 Å². The SMILES string of the molecule is CCC(C(=O)Nc1ccc(Cl)cc1)N(c1cc(Cl)ccc1Cl)S(C)(=O)=O. The van der Waals surface area contributed by atoms with E-state index in [0.717, 1.165) is 10.6 Å². The van der Waals surface area contributed by atoms with Crippen molar-refractivity contribution in [3.05, 3.63) is 57.5 Å². The van der Waals surface area contributed by atoms with Crippen molar-refractivity contribution >= 4 is 62.1 Å². The maximum Gasteiger partial charge on any atom is 0.248 e. The third-order valence-corrected chi connectivity index (χ3v) is 5.56. The number of rotatable bonds is 6. The zero-order valence-electron chi connectivity index (χ0n) is 14.0. The Balaban J connectivity index is 2.42. The Morgan fingerprint density at radius 1 is 1.08 bits per heavy atom. The molecule has 0 bridgehead atoms. The lowest BCUT2D eigenvalue weighted by molar-refractivity contribution is -0.117. The summed E-state index contributed by atoms with van der Waals surface area (Å²) in [7, 11) is -3.80. The van der Waals surface area contributed by atoms with Crippen molar-refractivity contribution < 1.29 is 13.2 Å². The molecule has 0 radical (unpaired) electrons. The zero-order chi connectivity index (χ0) is 19.5. The highest BCUT2D eigenvalue weighted by Gasteiger charge is 2.33. The number of halogens is 3. The number of amides is 1. The quantitative estimate of drug-likeness (QED) is 0.706. The summed E-state index contributed by atoms with van der Waals surface area (Å²) in [4.78, 5) is 12.8. The molecule has 2 aromatic rings. The monoisotopic (exact) mass is 434 g/mol. The van der Waals surface area contributed by atoms with Gasteiger partial charge < -0.3 is 5.32 Å². The predicted octanol–water partition coefficient (Wildman–Crippen LogP) is 4.83. The molecule has 0 aliphatic rings. The van der Waals surface area contributed by atoms with Crippen LogP contribution < -0.4 is 9.62 Å². The van der Waals surface area contributed by atoms with Crippen LogP contribution in [-0.4, -0.2) is 26.6 Å². The Bertz CT molecular complexity index is 902. The third-order valence-electron chi connectivity index (χ3n) is 3.59. The molecule has 1 unspecified atom stereocenters. The number of hydrogen-bond acceptors (Lipinski definition) is 3. The lowest BCUT2D eigenvalue weighted by Gasteiger charge is -2.30. The molecule has 5 nitrogen and oxygen atoms in total. The molecule has 0 spiro atoms. The first-order chi connectivity index (χ1) is 12.1. The Morgan fingerprint density at radius 3 is 2.19 bits per heavy atom. The van der Waals surface area contributed by atoms with Crippen molar-refractivity contribution in [1.82, 2.24) is 0 Å². The molecule has 0 aromatic heterocycles. The maximum atomic E-state index is 12.8. The van der Waals surface area contributed by atoms with Gasteiger partial charge >= 0.3 is 0 Å². The fraction of sp³-hybridized carbons (Fsp3) is 0.235. The smallest absolute Gasteiger partial charge is 0.248 e. The van der Waals surface area contributed by atoms with Gasteiger partial charge in [0, 0.05) is 15.7 Å². The molecule has 26 heavy (non-hydrogen) atoms. The number of nitrogens with zero attached hydrogens (tertiary/aromatic N) is 1. The minimum absolute atomic E-state index is 0.153. The van der Waals surface area contributed by atoms with Crippen molar-refractivity contribution in [1.29, 1.82) is 0 Å². The summed E-state index contributed by atoms with van der Waals surface area (Å²) in [5, 5.41) is 3.71. The molecule has 140 valence electrons. The summed E-state index contributed by atoms with van der Waals surface area (Å²) < 4.78 is 25.8. The average molecular weight is 436 g/mol. The average Bonchev–Trinajstić information content (AvgIpc) is 2.56. The van der Waals surface area contributed by atoms with Gasteiger partial charge in [-0.05, 0) is 48.9 Å². The van der Waals surface area contributed by atoms with Crippen molar-refractivity contribution in [3.63, 3.8) is 0 Å². The summed E-state index contributed by atoms with van der Waals surface area (Å²) in [5.74, 6) is -0.490. The lowest BCUT2D eigenvalue weighted by Crippen LogP contribution is -2.47. The second-order valence-corrected chi connectivity index (χ2v) is 8.71. The molecule has 9 heteroatoms. The topological polar surface area (TPSA) is 66.5 Å². The Labute approximate surface area is 167 Å². The molecule has 2 rings (SSSR count). The van der Waals surface area contributed by atoms with E-state index in [2.05, 4.69) is 5.32 Å². The van der Waals surface area contributed by atoms with Gasteiger partial charge in [-0.25, -0.2) is 8.42 Å². The minimum atomic E-state index is -3.80. The van der Waals surface area contributed by atoms with Crippen LogP contribution in [0.5, 0.6) is 0 Å². The van der Waals surface area contributed by atoms with Crippen molar-refractivity contribution in [2.75, 3.05) is 15.9 Å². The van der Waals surface area contributed by atoms with Crippen LogP contribution in [0.2, 0.25) is 15.1 Å². The van der Waals surface area contributed by atoms with Crippen LogP contribution in [0.15, 0.2) is 42.5 Å². The number of benzene rings is 2. The van der Waals surface area contributed by atoms with E-state index in [1.165, 1.54) is 12.1 Å². The fourth-order valence-corrected chi connectivity index (χ4v) is 4.22.